The van der Waals surface area contributed by atoms with Gasteiger partial charge in [0.1, 0.15) is 17.2 Å². The first-order valence-corrected chi connectivity index (χ1v) is 7.78. The molecule has 0 bridgehead atoms. The summed E-state index contributed by atoms with van der Waals surface area (Å²) in [6.07, 6.45) is 3.02. The van der Waals surface area contributed by atoms with Crippen molar-refractivity contribution in [3.8, 4) is 5.75 Å². The monoisotopic (exact) mass is 322 g/mol. The van der Waals surface area contributed by atoms with Crippen molar-refractivity contribution >= 4 is 0 Å². The molecule has 6 heteroatoms. The standard InChI is InChI=1S/C17H20F2N2O2/c1-11-9-14(20-23-11)15-5-3-4-8-21(15)10-12-16(22-2)7-6-13(18)17(12)19/h6-7,9,15H,3-5,8,10H2,1-2H3/t15-/m1/s1. The number of benzene rings is 1. The zero-order valence-electron chi connectivity index (χ0n) is 13.3. The van der Waals surface area contributed by atoms with E-state index < -0.39 is 11.6 Å². The molecule has 0 amide bonds. The number of nitrogens with zero attached hydrogens (tertiary/aromatic N) is 2. The van der Waals surface area contributed by atoms with Gasteiger partial charge in [0, 0.05) is 18.2 Å². The summed E-state index contributed by atoms with van der Waals surface area (Å²) in [6, 6.07) is 4.51. The lowest BCUT2D eigenvalue weighted by molar-refractivity contribution is 0.130. The molecule has 0 aliphatic carbocycles. The van der Waals surface area contributed by atoms with Gasteiger partial charge < -0.3 is 9.26 Å². The number of hydrogen-bond acceptors (Lipinski definition) is 4. The number of likely N-dealkylation sites (tertiary alicyclic amines) is 1. The molecular formula is C17H20F2N2O2. The van der Waals surface area contributed by atoms with Crippen LogP contribution in [-0.4, -0.2) is 23.7 Å². The highest BCUT2D eigenvalue weighted by Gasteiger charge is 2.28. The van der Waals surface area contributed by atoms with Crippen LogP contribution in [0.1, 0.15) is 42.3 Å². The second-order valence-corrected chi connectivity index (χ2v) is 5.89. The van der Waals surface area contributed by atoms with Gasteiger partial charge in [0.15, 0.2) is 11.6 Å². The van der Waals surface area contributed by atoms with E-state index in [-0.39, 0.29) is 18.2 Å². The highest BCUT2D eigenvalue weighted by molar-refractivity contribution is 5.35. The van der Waals surface area contributed by atoms with Crippen LogP contribution in [-0.2, 0) is 6.54 Å². The van der Waals surface area contributed by atoms with Gasteiger partial charge in [-0.1, -0.05) is 11.6 Å². The maximum Gasteiger partial charge on any atom is 0.167 e. The number of piperidine rings is 1. The average molecular weight is 322 g/mol. The van der Waals surface area contributed by atoms with Gasteiger partial charge in [-0.3, -0.25) is 4.90 Å². The van der Waals surface area contributed by atoms with Gasteiger partial charge >= 0.3 is 0 Å². The lowest BCUT2D eigenvalue weighted by Gasteiger charge is -2.34. The highest BCUT2D eigenvalue weighted by Crippen LogP contribution is 2.34. The molecule has 1 atom stereocenters. The largest absolute Gasteiger partial charge is 0.496 e. The summed E-state index contributed by atoms with van der Waals surface area (Å²) in [6.45, 7) is 2.93. The quantitative estimate of drug-likeness (QED) is 0.853. The van der Waals surface area contributed by atoms with Gasteiger partial charge in [-0.15, -0.1) is 0 Å². The van der Waals surface area contributed by atoms with Crippen molar-refractivity contribution in [3.63, 3.8) is 0 Å². The molecule has 2 aromatic rings. The minimum atomic E-state index is -0.855. The molecule has 2 heterocycles. The van der Waals surface area contributed by atoms with E-state index in [0.29, 0.717) is 5.75 Å². The van der Waals surface area contributed by atoms with Crippen molar-refractivity contribution in [1.29, 1.82) is 0 Å². The van der Waals surface area contributed by atoms with Gasteiger partial charge in [0.05, 0.1) is 13.2 Å². The Balaban J connectivity index is 1.89. The van der Waals surface area contributed by atoms with Gasteiger partial charge in [-0.2, -0.15) is 0 Å². The first kappa shape index (κ1) is 15.9. The van der Waals surface area contributed by atoms with E-state index in [9.17, 15) is 8.78 Å². The van der Waals surface area contributed by atoms with E-state index in [0.717, 1.165) is 43.3 Å². The molecule has 0 unspecified atom stereocenters. The lowest BCUT2D eigenvalue weighted by Crippen LogP contribution is -2.33. The van der Waals surface area contributed by atoms with Crippen LogP contribution in [0.3, 0.4) is 0 Å². The Hall–Kier alpha value is -1.95. The predicted octanol–water partition coefficient (Wildman–Crippen LogP) is 4.00. The number of aryl methyl sites for hydroxylation is 1. The molecule has 124 valence electrons. The molecule has 4 nitrogen and oxygen atoms in total. The second kappa shape index (κ2) is 6.66. The lowest BCUT2D eigenvalue weighted by atomic mass is 9.98. The Morgan fingerprint density at radius 3 is 2.87 bits per heavy atom. The zero-order chi connectivity index (χ0) is 16.4. The van der Waals surface area contributed by atoms with Gasteiger partial charge in [0.2, 0.25) is 0 Å². The fraction of sp³-hybridized carbons (Fsp3) is 0.471. The molecule has 3 rings (SSSR count). The highest BCUT2D eigenvalue weighted by atomic mass is 19.2. The van der Waals surface area contributed by atoms with E-state index >= 15 is 0 Å². The van der Waals surface area contributed by atoms with E-state index in [1.807, 2.05) is 13.0 Å². The molecular weight excluding hydrogens is 302 g/mol. The van der Waals surface area contributed by atoms with Crippen LogP contribution in [0.2, 0.25) is 0 Å². The van der Waals surface area contributed by atoms with Crippen molar-refractivity contribution in [2.75, 3.05) is 13.7 Å². The third kappa shape index (κ3) is 3.22. The Morgan fingerprint density at radius 2 is 2.17 bits per heavy atom. The maximum atomic E-state index is 14.2. The first-order chi connectivity index (χ1) is 11.1. The Labute approximate surface area is 134 Å². The normalized spacial score (nSPS) is 19.0. The van der Waals surface area contributed by atoms with Crippen LogP contribution in [0.15, 0.2) is 22.7 Å². The molecule has 0 spiro atoms. The minimum Gasteiger partial charge on any atom is -0.496 e. The maximum absolute atomic E-state index is 14.2. The van der Waals surface area contributed by atoms with Crippen LogP contribution in [0.4, 0.5) is 8.78 Å². The number of hydrogen-bond donors (Lipinski definition) is 0. The smallest absolute Gasteiger partial charge is 0.167 e. The summed E-state index contributed by atoms with van der Waals surface area (Å²) in [7, 11) is 1.46. The van der Waals surface area contributed by atoms with Crippen LogP contribution in [0.5, 0.6) is 5.75 Å². The van der Waals surface area contributed by atoms with Gasteiger partial charge in [0.25, 0.3) is 0 Å². The molecule has 1 saturated heterocycles. The van der Waals surface area contributed by atoms with Crippen molar-refractivity contribution in [3.05, 3.63) is 46.9 Å². The van der Waals surface area contributed by atoms with Crippen molar-refractivity contribution in [2.45, 2.75) is 38.8 Å². The van der Waals surface area contributed by atoms with Crippen LogP contribution >= 0.6 is 0 Å². The van der Waals surface area contributed by atoms with Crippen LogP contribution < -0.4 is 4.74 Å². The topological polar surface area (TPSA) is 38.5 Å². The fourth-order valence-corrected chi connectivity index (χ4v) is 3.17. The second-order valence-electron chi connectivity index (χ2n) is 5.89. The van der Waals surface area contributed by atoms with Gasteiger partial charge in [-0.25, -0.2) is 8.78 Å². The number of halogens is 2. The Bertz CT molecular complexity index is 687. The fourth-order valence-electron chi connectivity index (χ4n) is 3.17. The van der Waals surface area contributed by atoms with E-state index in [2.05, 4.69) is 10.1 Å². The SMILES string of the molecule is COc1ccc(F)c(F)c1CN1CCCC[C@@H]1c1cc(C)on1. The third-order valence-electron chi connectivity index (χ3n) is 4.34. The average Bonchev–Trinajstić information content (AvgIpc) is 2.99. The summed E-state index contributed by atoms with van der Waals surface area (Å²) in [4.78, 5) is 2.11. The van der Waals surface area contributed by atoms with Gasteiger partial charge in [-0.05, 0) is 38.4 Å². The molecule has 1 aliphatic heterocycles. The number of methoxy groups -OCH3 is 1. The number of rotatable bonds is 4. The first-order valence-electron chi connectivity index (χ1n) is 7.78. The third-order valence-corrected chi connectivity index (χ3v) is 4.34. The molecule has 1 fully saturated rings. The summed E-state index contributed by atoms with van der Waals surface area (Å²) in [5.41, 5.74) is 1.09. The molecule has 1 aliphatic rings. The number of ether oxygens (including phenoxy) is 1. The predicted molar refractivity (Wildman–Crippen MR) is 81.2 cm³/mol. The molecule has 0 radical (unpaired) electrons. The minimum absolute atomic E-state index is 0.0496. The summed E-state index contributed by atoms with van der Waals surface area (Å²) >= 11 is 0. The van der Waals surface area contributed by atoms with E-state index in [1.165, 1.54) is 13.2 Å². The Morgan fingerprint density at radius 1 is 1.35 bits per heavy atom. The summed E-state index contributed by atoms with van der Waals surface area (Å²) < 4.78 is 38.2. The summed E-state index contributed by atoms with van der Waals surface area (Å²) in [5, 5.41) is 4.10. The number of aromatic nitrogens is 1. The molecule has 0 saturated carbocycles. The van der Waals surface area contributed by atoms with Crippen molar-refractivity contribution < 1.29 is 18.0 Å². The molecule has 23 heavy (non-hydrogen) atoms. The van der Waals surface area contributed by atoms with Crippen molar-refractivity contribution in [2.24, 2.45) is 0 Å². The van der Waals surface area contributed by atoms with Crippen molar-refractivity contribution in [1.82, 2.24) is 10.1 Å². The summed E-state index contributed by atoms with van der Waals surface area (Å²) in [5.74, 6) is -0.582. The molecule has 1 aromatic heterocycles. The molecule has 1 aromatic carbocycles. The van der Waals surface area contributed by atoms with Crippen LogP contribution in [0.25, 0.3) is 0 Å². The van der Waals surface area contributed by atoms with E-state index in [1.54, 1.807) is 0 Å². The Kier molecular flexibility index (Phi) is 4.61. The van der Waals surface area contributed by atoms with E-state index in [4.69, 9.17) is 9.26 Å². The van der Waals surface area contributed by atoms with Crippen LogP contribution in [0, 0.1) is 18.6 Å². The molecule has 0 N–H and O–H groups in total. The zero-order valence-corrected chi connectivity index (χ0v) is 13.3.